The molecular formula is C51H31N7O2Pd2. The van der Waals surface area contributed by atoms with Gasteiger partial charge in [-0.05, 0) is 47.8 Å². The van der Waals surface area contributed by atoms with Crippen molar-refractivity contribution in [1.82, 2.24) is 24.5 Å². The third-order valence-electron chi connectivity index (χ3n) is 10.4. The van der Waals surface area contributed by atoms with Crippen LogP contribution in [0.1, 0.15) is 0 Å². The van der Waals surface area contributed by atoms with Gasteiger partial charge in [0.1, 0.15) is 0 Å². The maximum absolute atomic E-state index is 6.41. The van der Waals surface area contributed by atoms with Crippen LogP contribution in [0.2, 0.25) is 0 Å². The molecule has 0 fully saturated rings. The number of rotatable bonds is 8. The van der Waals surface area contributed by atoms with Gasteiger partial charge in [-0.1, -0.05) is 71.7 Å². The second-order valence-electron chi connectivity index (χ2n) is 14.1. The number of nitrogens with zero attached hydrogens (tertiary/aromatic N) is 7. The van der Waals surface area contributed by atoms with E-state index in [2.05, 4.69) is 87.5 Å². The number of pyridine rings is 2. The molecule has 11 rings (SSSR count). The summed E-state index contributed by atoms with van der Waals surface area (Å²) in [6.07, 6.45) is 7.24. The maximum atomic E-state index is 6.41. The van der Waals surface area contributed by atoms with Crippen LogP contribution in [0, 0.1) is 24.3 Å². The summed E-state index contributed by atoms with van der Waals surface area (Å²) in [5, 5.41) is 1.84. The van der Waals surface area contributed by atoms with Gasteiger partial charge in [0.05, 0.1) is 40.8 Å². The van der Waals surface area contributed by atoms with Gasteiger partial charge in [0.15, 0.2) is 0 Å². The Morgan fingerprint density at radius 3 is 1.35 bits per heavy atom. The molecule has 1 aliphatic heterocycles. The zero-order chi connectivity index (χ0) is 40.0. The van der Waals surface area contributed by atoms with E-state index in [0.717, 1.165) is 61.7 Å². The van der Waals surface area contributed by atoms with Crippen LogP contribution in [0.3, 0.4) is 0 Å². The van der Waals surface area contributed by atoms with Crippen LogP contribution in [-0.4, -0.2) is 31.6 Å². The fourth-order valence-electron chi connectivity index (χ4n) is 7.70. The molecule has 4 aromatic heterocycles. The molecule has 6 aromatic carbocycles. The van der Waals surface area contributed by atoms with Gasteiger partial charge in [-0.2, -0.15) is 22.9 Å². The topological polar surface area (TPSA) is 81.4 Å². The third kappa shape index (κ3) is 7.43. The Kier molecular flexibility index (Phi) is 11.2. The molecule has 62 heavy (non-hydrogen) atoms. The van der Waals surface area contributed by atoms with Crippen molar-refractivity contribution in [2.75, 3.05) is 16.8 Å². The van der Waals surface area contributed by atoms with Gasteiger partial charge in [0.25, 0.3) is 0 Å². The number of hydrogen-bond donors (Lipinski definition) is 0. The first kappa shape index (κ1) is 40.4. The van der Waals surface area contributed by atoms with Crippen LogP contribution in [0.25, 0.3) is 50.3 Å². The molecule has 0 spiro atoms. The Morgan fingerprint density at radius 2 is 0.887 bits per heavy atom. The predicted octanol–water partition coefficient (Wildman–Crippen LogP) is 12.0. The standard InChI is InChI=1S/C51H31N7O2.2Pd/c1-56-45-18-2-4-20-47(45)57(48-21-5-3-19-46(48)56)36-32-54-51(55-33-36)58-49-30-39(59-37-14-10-12-34(28-37)43-16-6-8-26-52-43)22-24-41(49)42-25-23-40(31-50(42)58)60-38-15-11-13-35(29-38)44-17-7-9-27-53-44;;/h2-27,32-33H,1H3;;/q-4;2*+2. The Labute approximate surface area is 385 Å². The SMILES string of the molecule is CN1c2ccccc2N(c2cnc(-n3c4[c-]c(Oc5[c-]c(-c6ccccn6)ccc5)ccc4c4ccc(Oc5[c-]c(-c6ccccn6)ccc5)[c-]c43)nc2)c2ccccc21.[Pd+2].[Pd+2]. The van der Waals surface area contributed by atoms with Gasteiger partial charge in [-0.25, -0.2) is 9.97 Å². The summed E-state index contributed by atoms with van der Waals surface area (Å²) < 4.78 is 14.8. The first-order valence-corrected chi connectivity index (χ1v) is 19.3. The maximum Gasteiger partial charge on any atom is 2.00 e. The summed E-state index contributed by atoms with van der Waals surface area (Å²) in [4.78, 5) is 23.4. The van der Waals surface area contributed by atoms with Gasteiger partial charge < -0.3 is 33.8 Å². The normalized spacial score (nSPS) is 11.6. The summed E-state index contributed by atoms with van der Waals surface area (Å²) in [5.41, 5.74) is 9.74. The molecule has 0 saturated heterocycles. The van der Waals surface area contributed by atoms with E-state index in [9.17, 15) is 0 Å². The van der Waals surface area contributed by atoms with Crippen molar-refractivity contribution in [1.29, 1.82) is 0 Å². The van der Waals surface area contributed by atoms with Gasteiger partial charge in [-0.15, -0.1) is 71.8 Å². The molecule has 0 aliphatic carbocycles. The van der Waals surface area contributed by atoms with Crippen molar-refractivity contribution < 1.29 is 50.3 Å². The van der Waals surface area contributed by atoms with Crippen molar-refractivity contribution in [3.63, 3.8) is 0 Å². The molecule has 302 valence electrons. The van der Waals surface area contributed by atoms with E-state index in [4.69, 9.17) is 19.4 Å². The first-order valence-electron chi connectivity index (χ1n) is 19.3. The molecule has 0 bridgehead atoms. The molecule has 9 nitrogen and oxygen atoms in total. The Bertz CT molecular complexity index is 3010. The van der Waals surface area contributed by atoms with Gasteiger partial charge in [0.2, 0.25) is 5.95 Å². The Hall–Kier alpha value is -6.98. The number of aromatic nitrogens is 5. The summed E-state index contributed by atoms with van der Waals surface area (Å²) in [6.45, 7) is 0. The molecule has 0 atom stereocenters. The molecule has 5 heterocycles. The quantitative estimate of drug-likeness (QED) is 0.110. The minimum atomic E-state index is 0. The molecule has 0 N–H and O–H groups in total. The van der Waals surface area contributed by atoms with E-state index in [0.29, 0.717) is 40.0 Å². The van der Waals surface area contributed by atoms with E-state index in [1.165, 1.54) is 0 Å². The number of benzene rings is 6. The van der Waals surface area contributed by atoms with E-state index < -0.39 is 0 Å². The van der Waals surface area contributed by atoms with Gasteiger partial charge in [-0.3, -0.25) is 0 Å². The van der Waals surface area contributed by atoms with Crippen LogP contribution in [0.4, 0.5) is 28.4 Å². The molecule has 0 unspecified atom stereocenters. The van der Waals surface area contributed by atoms with E-state index in [1.54, 1.807) is 12.4 Å². The van der Waals surface area contributed by atoms with Crippen molar-refractivity contribution in [3.8, 4) is 51.5 Å². The second-order valence-corrected chi connectivity index (χ2v) is 14.1. The average molecular weight is 987 g/mol. The zero-order valence-corrected chi connectivity index (χ0v) is 35.9. The van der Waals surface area contributed by atoms with Crippen molar-refractivity contribution in [2.45, 2.75) is 0 Å². The van der Waals surface area contributed by atoms with E-state index in [1.807, 2.05) is 126 Å². The van der Waals surface area contributed by atoms with Gasteiger partial charge >= 0.3 is 40.8 Å². The van der Waals surface area contributed by atoms with E-state index >= 15 is 0 Å². The second kappa shape index (κ2) is 17.2. The smallest absolute Gasteiger partial charge is 0.503 e. The summed E-state index contributed by atoms with van der Waals surface area (Å²) in [6, 6.07) is 61.4. The minimum absolute atomic E-state index is 0. The zero-order valence-electron chi connectivity index (χ0n) is 32.7. The minimum Gasteiger partial charge on any atom is -0.503 e. The number of anilines is 5. The van der Waals surface area contributed by atoms with Crippen molar-refractivity contribution in [2.24, 2.45) is 0 Å². The number of fused-ring (bicyclic) bond motifs is 5. The van der Waals surface area contributed by atoms with Crippen LogP contribution in [0.5, 0.6) is 23.0 Å². The molecular weight excluding hydrogens is 955 g/mol. The number of hydrogen-bond acceptors (Lipinski definition) is 8. The molecule has 0 saturated carbocycles. The van der Waals surface area contributed by atoms with Crippen LogP contribution >= 0.6 is 0 Å². The molecule has 0 amide bonds. The molecule has 10 aromatic rings. The Morgan fingerprint density at radius 1 is 0.435 bits per heavy atom. The van der Waals surface area contributed by atoms with Crippen LogP contribution in [-0.2, 0) is 40.8 Å². The van der Waals surface area contributed by atoms with E-state index in [-0.39, 0.29) is 40.8 Å². The third-order valence-corrected chi connectivity index (χ3v) is 10.4. The molecule has 0 radical (unpaired) electrons. The molecule has 11 heteroatoms. The van der Waals surface area contributed by atoms with Crippen molar-refractivity contribution in [3.05, 3.63) is 195 Å². The first-order chi connectivity index (χ1) is 29.6. The fraction of sp³-hybridized carbons (Fsp3) is 0.0196. The van der Waals surface area contributed by atoms with Crippen LogP contribution in [0.15, 0.2) is 170 Å². The van der Waals surface area contributed by atoms with Crippen LogP contribution < -0.4 is 19.3 Å². The number of para-hydroxylation sites is 4. The largest absolute Gasteiger partial charge is 2.00 e. The average Bonchev–Trinajstić information content (AvgIpc) is 3.63. The number of ether oxygens (including phenoxy) is 2. The molecule has 1 aliphatic rings. The summed E-state index contributed by atoms with van der Waals surface area (Å²) in [7, 11) is 2.09. The Balaban J connectivity index is 0.00000245. The van der Waals surface area contributed by atoms with Crippen molar-refractivity contribution >= 4 is 50.2 Å². The summed E-state index contributed by atoms with van der Waals surface area (Å²) >= 11 is 0. The summed E-state index contributed by atoms with van der Waals surface area (Å²) in [5.74, 6) is 2.51. The predicted molar refractivity (Wildman–Crippen MR) is 234 cm³/mol. The fourth-order valence-corrected chi connectivity index (χ4v) is 7.70. The monoisotopic (exact) mass is 985 g/mol. The van der Waals surface area contributed by atoms with Gasteiger partial charge in [0, 0.05) is 42.4 Å².